The maximum Gasteiger partial charge on any atom is 0.416 e. The summed E-state index contributed by atoms with van der Waals surface area (Å²) in [4.78, 5) is 16.9. The Kier molecular flexibility index (Phi) is 11.1. The minimum Gasteiger partial charge on any atom is -0.493 e. The predicted octanol–water partition coefficient (Wildman–Crippen LogP) is 6.74. The monoisotopic (exact) mass is 659 g/mol. The summed E-state index contributed by atoms with van der Waals surface area (Å²) < 4.78 is 85.5. The molecule has 1 aromatic heterocycles. The third kappa shape index (κ3) is 8.67. The molecule has 1 heterocycles. The Hall–Kier alpha value is -4.36. The molecule has 46 heavy (non-hydrogen) atoms. The number of carbonyl (C=O) groups excluding carboxylic acids is 1. The molecule has 3 aromatic carbocycles. The third-order valence-corrected chi connectivity index (χ3v) is 8.95. The van der Waals surface area contributed by atoms with Crippen LogP contribution in [0.1, 0.15) is 42.0 Å². The summed E-state index contributed by atoms with van der Waals surface area (Å²) in [5.74, 6) is 0.526. The molecule has 0 saturated carbocycles. The summed E-state index contributed by atoms with van der Waals surface area (Å²) in [6.45, 7) is 6.83. The number of rotatable bonds is 14. The molecule has 13 heteroatoms. The van der Waals surface area contributed by atoms with Crippen molar-refractivity contribution in [1.82, 2.24) is 9.29 Å². The Morgan fingerprint density at radius 2 is 1.70 bits per heavy atom. The maximum atomic E-state index is 13.9. The van der Waals surface area contributed by atoms with Gasteiger partial charge in [-0.2, -0.15) is 25.9 Å². The number of alkyl halides is 3. The van der Waals surface area contributed by atoms with Crippen molar-refractivity contribution in [3.05, 3.63) is 101 Å². The van der Waals surface area contributed by atoms with Gasteiger partial charge in [0.2, 0.25) is 5.89 Å². The van der Waals surface area contributed by atoms with Gasteiger partial charge in [-0.15, -0.1) is 0 Å². The first-order valence-corrected chi connectivity index (χ1v) is 16.1. The lowest BCUT2D eigenvalue weighted by molar-refractivity contribution is -0.143. The van der Waals surface area contributed by atoms with Crippen LogP contribution in [0.15, 0.2) is 77.2 Å². The molecule has 0 atom stereocenters. The number of ether oxygens (including phenoxy) is 2. The fraction of sp³-hybridized carbons (Fsp3) is 0.333. The van der Waals surface area contributed by atoms with Gasteiger partial charge in [0.05, 0.1) is 30.2 Å². The summed E-state index contributed by atoms with van der Waals surface area (Å²) in [5, 5.41) is 0. The summed E-state index contributed by atoms with van der Waals surface area (Å²) >= 11 is 0. The highest BCUT2D eigenvalue weighted by Gasteiger charge is 2.32. The molecule has 0 aliphatic heterocycles. The fourth-order valence-electron chi connectivity index (χ4n) is 4.76. The van der Waals surface area contributed by atoms with Gasteiger partial charge >= 0.3 is 22.4 Å². The number of oxazole rings is 1. The van der Waals surface area contributed by atoms with E-state index >= 15 is 0 Å². The van der Waals surface area contributed by atoms with E-state index in [-0.39, 0.29) is 32.2 Å². The van der Waals surface area contributed by atoms with Gasteiger partial charge in [0.25, 0.3) is 0 Å². The first-order valence-electron chi connectivity index (χ1n) is 14.7. The Bertz CT molecular complexity index is 1740. The van der Waals surface area contributed by atoms with Gasteiger partial charge in [-0.05, 0) is 87.4 Å². The summed E-state index contributed by atoms with van der Waals surface area (Å²) in [6.07, 6.45) is -4.08. The zero-order valence-electron chi connectivity index (χ0n) is 26.0. The first-order chi connectivity index (χ1) is 21.8. The Morgan fingerprint density at radius 1 is 0.978 bits per heavy atom. The molecular weight excluding hydrogens is 623 g/mol. The quantitative estimate of drug-likeness (QED) is 0.138. The summed E-state index contributed by atoms with van der Waals surface area (Å²) in [6, 6.07) is 18.6. The summed E-state index contributed by atoms with van der Waals surface area (Å²) in [7, 11) is -4.14. The second-order valence-corrected chi connectivity index (χ2v) is 12.3. The number of esters is 1. The zero-order valence-corrected chi connectivity index (χ0v) is 26.8. The second-order valence-electron chi connectivity index (χ2n) is 10.4. The van der Waals surface area contributed by atoms with Crippen molar-refractivity contribution in [2.24, 2.45) is 0 Å². The van der Waals surface area contributed by atoms with Crippen LogP contribution in [0.2, 0.25) is 0 Å². The third-order valence-electron chi connectivity index (χ3n) is 7.01. The normalized spacial score (nSPS) is 11.9. The van der Waals surface area contributed by atoms with Crippen LogP contribution in [0, 0.1) is 13.8 Å². The lowest BCUT2D eigenvalue weighted by Gasteiger charge is -2.30. The van der Waals surface area contributed by atoms with E-state index in [1.54, 1.807) is 63.2 Å². The highest BCUT2D eigenvalue weighted by Crippen LogP contribution is 2.31. The zero-order chi connectivity index (χ0) is 33.5. The van der Waals surface area contributed by atoms with E-state index in [1.807, 2.05) is 13.0 Å². The van der Waals surface area contributed by atoms with Crippen molar-refractivity contribution in [3.8, 4) is 17.2 Å². The number of halogens is 3. The Morgan fingerprint density at radius 3 is 2.35 bits per heavy atom. The molecule has 0 amide bonds. The van der Waals surface area contributed by atoms with Gasteiger partial charge in [-0.3, -0.25) is 9.10 Å². The molecule has 0 radical (unpaired) electrons. The molecular formula is C33H36F3N3O6S. The molecule has 9 nitrogen and oxygen atoms in total. The van der Waals surface area contributed by atoms with Gasteiger partial charge in [0, 0.05) is 25.1 Å². The van der Waals surface area contributed by atoms with Crippen molar-refractivity contribution in [3.63, 3.8) is 0 Å². The fourth-order valence-corrected chi connectivity index (χ4v) is 6.32. The topological polar surface area (TPSA) is 102 Å². The smallest absolute Gasteiger partial charge is 0.416 e. The average molecular weight is 660 g/mol. The molecule has 0 N–H and O–H groups in total. The standard InChI is InChI=1S/C33H36F3N3O6S/c1-5-39(28-11-7-9-23(3)19-28)46(41,42)38(22-31(40)43-6-2)21-25-10-8-12-29(20-25)44-18-17-30-24(4)45-32(37-30)26-13-15-27(16-14-26)33(34,35)36/h7-16,19-20H,5-6,17-18,21-22H2,1-4H3. The SMILES string of the molecule is CCOC(=O)CN(Cc1cccc(OCCc2nc(-c3ccc(C(F)(F)F)cc3)oc2C)c1)S(=O)(=O)N(CC)c1cccc(C)c1. The molecule has 4 rings (SSSR count). The van der Waals surface area contributed by atoms with Crippen molar-refractivity contribution < 1.29 is 40.3 Å². The first kappa shape index (κ1) is 34.5. The van der Waals surface area contributed by atoms with E-state index in [2.05, 4.69) is 4.98 Å². The molecule has 0 aliphatic carbocycles. The molecule has 0 aliphatic rings. The molecule has 0 bridgehead atoms. The van der Waals surface area contributed by atoms with E-state index in [0.717, 1.165) is 22.0 Å². The number of aryl methyl sites for hydroxylation is 2. The Balaban J connectivity index is 1.46. The molecule has 0 saturated heterocycles. The van der Waals surface area contributed by atoms with E-state index < -0.39 is 34.5 Å². The van der Waals surface area contributed by atoms with Crippen LogP contribution in [0.25, 0.3) is 11.5 Å². The van der Waals surface area contributed by atoms with Crippen LogP contribution < -0.4 is 9.04 Å². The van der Waals surface area contributed by atoms with Crippen molar-refractivity contribution in [1.29, 1.82) is 0 Å². The number of hydrogen-bond donors (Lipinski definition) is 0. The van der Waals surface area contributed by atoms with Gasteiger partial charge in [0.1, 0.15) is 18.1 Å². The van der Waals surface area contributed by atoms with Crippen LogP contribution in [-0.2, 0) is 38.9 Å². The van der Waals surface area contributed by atoms with Gasteiger partial charge < -0.3 is 13.9 Å². The number of anilines is 1. The van der Waals surface area contributed by atoms with E-state index in [0.29, 0.717) is 40.4 Å². The van der Waals surface area contributed by atoms with Gasteiger partial charge in [-0.1, -0.05) is 24.3 Å². The largest absolute Gasteiger partial charge is 0.493 e. The van der Waals surface area contributed by atoms with E-state index in [1.165, 1.54) is 16.4 Å². The predicted molar refractivity (Wildman–Crippen MR) is 167 cm³/mol. The van der Waals surface area contributed by atoms with Crippen molar-refractivity contribution >= 4 is 21.9 Å². The highest BCUT2D eigenvalue weighted by atomic mass is 32.2. The van der Waals surface area contributed by atoms with Crippen LogP contribution >= 0.6 is 0 Å². The summed E-state index contributed by atoms with van der Waals surface area (Å²) in [5.41, 5.74) is 2.22. The Labute approximate surface area is 266 Å². The number of aromatic nitrogens is 1. The highest BCUT2D eigenvalue weighted by molar-refractivity contribution is 7.90. The molecule has 246 valence electrons. The minimum absolute atomic E-state index is 0.112. The van der Waals surface area contributed by atoms with Crippen LogP contribution in [0.3, 0.4) is 0 Å². The van der Waals surface area contributed by atoms with Gasteiger partial charge in [-0.25, -0.2) is 4.98 Å². The van der Waals surface area contributed by atoms with E-state index in [9.17, 15) is 26.4 Å². The number of hydrogen-bond acceptors (Lipinski definition) is 7. The van der Waals surface area contributed by atoms with Crippen LogP contribution in [0.4, 0.5) is 18.9 Å². The number of nitrogens with zero attached hydrogens (tertiary/aromatic N) is 3. The second kappa shape index (κ2) is 14.8. The minimum atomic E-state index is -4.44. The molecule has 4 aromatic rings. The lowest BCUT2D eigenvalue weighted by atomic mass is 10.1. The molecule has 0 unspecified atom stereocenters. The van der Waals surface area contributed by atoms with Gasteiger partial charge in [0.15, 0.2) is 0 Å². The van der Waals surface area contributed by atoms with Crippen LogP contribution in [0.5, 0.6) is 5.75 Å². The van der Waals surface area contributed by atoms with E-state index in [4.69, 9.17) is 13.9 Å². The lowest BCUT2D eigenvalue weighted by Crippen LogP contribution is -2.46. The molecule has 0 spiro atoms. The van der Waals surface area contributed by atoms with Crippen molar-refractivity contribution in [2.75, 3.05) is 30.6 Å². The van der Waals surface area contributed by atoms with Crippen molar-refractivity contribution in [2.45, 2.75) is 46.8 Å². The maximum absolute atomic E-state index is 13.9. The molecule has 0 fully saturated rings. The average Bonchev–Trinajstić information content (AvgIpc) is 3.37. The number of carbonyl (C=O) groups is 1. The number of benzene rings is 3. The van der Waals surface area contributed by atoms with Crippen LogP contribution in [-0.4, -0.2) is 50.0 Å².